The lowest BCUT2D eigenvalue weighted by Crippen LogP contribution is -2.49. The van der Waals surface area contributed by atoms with E-state index in [1.54, 1.807) is 41.5 Å². The fourth-order valence-corrected chi connectivity index (χ4v) is 9.09. The van der Waals surface area contributed by atoms with E-state index in [1.165, 1.54) is 70.1 Å². The number of nitrogens with one attached hydrogen (secondary N) is 6. The summed E-state index contributed by atoms with van der Waals surface area (Å²) in [6.45, 7) is 11.8. The summed E-state index contributed by atoms with van der Waals surface area (Å²) in [4.78, 5) is 123. The molecule has 24 nitrogen and oxygen atoms in total. The molecule has 2 rings (SSSR count). The number of amides is 6. The Bertz CT molecular complexity index is 2090. The first-order valence-electron chi connectivity index (χ1n) is 26.1. The Balaban J connectivity index is 1.98. The first kappa shape index (κ1) is 67.4. The van der Waals surface area contributed by atoms with Crippen LogP contribution in [0.15, 0.2) is 48.5 Å². The lowest BCUT2D eigenvalue weighted by Gasteiger charge is -2.20. The highest BCUT2D eigenvalue weighted by Gasteiger charge is 2.25. The highest BCUT2D eigenvalue weighted by Crippen LogP contribution is 2.24. The van der Waals surface area contributed by atoms with Crippen molar-refractivity contribution in [2.45, 2.75) is 168 Å². The third kappa shape index (κ3) is 33.5. The minimum absolute atomic E-state index is 0.0797. The van der Waals surface area contributed by atoms with Crippen molar-refractivity contribution < 1.29 is 67.2 Å². The number of nitro groups is 2. The predicted octanol–water partition coefficient (Wildman–Crippen LogP) is 7.89. The number of unbranched alkanes of at least 4 members (excludes halogenated alkanes) is 8. The third-order valence-electron chi connectivity index (χ3n) is 10.6. The molecule has 78 heavy (non-hydrogen) atoms. The molecule has 0 heterocycles. The molecule has 0 aliphatic carbocycles. The Labute approximate surface area is 463 Å². The maximum absolute atomic E-state index is 13.5. The SMILES string of the molecule is CC(C)(C)OC(=O)NCCCCCC(=O)NC(CSSCC(NC(=O)CCCCCNC(=O)OC(C)(C)C)C(=O)NCCCCCC(=O)Oc1ccc([N+](=O)[O-])cc1)C(=O)NCCCCCC(=O)Oc1ccc([N+](=O)[O-])cc1. The molecule has 0 radical (unpaired) electrons. The number of nitrogens with zero attached hydrogens (tertiary/aromatic N) is 2. The van der Waals surface area contributed by atoms with Crippen LogP contribution in [0.5, 0.6) is 11.5 Å². The summed E-state index contributed by atoms with van der Waals surface area (Å²) in [5, 5.41) is 38.5. The maximum atomic E-state index is 13.5. The van der Waals surface area contributed by atoms with Gasteiger partial charge in [-0.05, 0) is 117 Å². The third-order valence-corrected chi connectivity index (χ3v) is 13.0. The molecule has 2 aromatic rings. The van der Waals surface area contributed by atoms with Crippen molar-refractivity contribution in [3.8, 4) is 11.5 Å². The van der Waals surface area contributed by atoms with Crippen LogP contribution in [0.1, 0.15) is 144 Å². The van der Waals surface area contributed by atoms with E-state index in [2.05, 4.69) is 31.9 Å². The number of rotatable bonds is 37. The normalized spacial score (nSPS) is 11.9. The summed E-state index contributed by atoms with van der Waals surface area (Å²) in [6.07, 6.45) is 5.75. The number of hydrogen-bond donors (Lipinski definition) is 6. The molecular formula is C52H78N8O16S2. The van der Waals surface area contributed by atoms with E-state index in [4.69, 9.17) is 18.9 Å². The van der Waals surface area contributed by atoms with Gasteiger partial charge in [0.25, 0.3) is 11.4 Å². The van der Waals surface area contributed by atoms with Crippen LogP contribution >= 0.6 is 21.6 Å². The molecular weight excluding hydrogens is 1060 g/mol. The summed E-state index contributed by atoms with van der Waals surface area (Å²) in [7, 11) is 2.45. The van der Waals surface area contributed by atoms with E-state index in [9.17, 15) is 58.6 Å². The summed E-state index contributed by atoms with van der Waals surface area (Å²) in [6, 6.07) is 8.35. The summed E-state index contributed by atoms with van der Waals surface area (Å²) >= 11 is 0. The van der Waals surface area contributed by atoms with Crippen LogP contribution in [-0.2, 0) is 38.2 Å². The number of nitro benzene ring substituents is 2. The van der Waals surface area contributed by atoms with Gasteiger partial charge in [-0.25, -0.2) is 9.59 Å². The molecule has 0 fully saturated rings. The van der Waals surface area contributed by atoms with Gasteiger partial charge in [0.15, 0.2) is 0 Å². The number of alkyl carbamates (subject to hydrolysis) is 2. The topological polar surface area (TPSA) is 332 Å². The minimum Gasteiger partial charge on any atom is -0.444 e. The van der Waals surface area contributed by atoms with E-state index in [1.807, 2.05) is 0 Å². The number of esters is 2. The summed E-state index contributed by atoms with van der Waals surface area (Å²) < 4.78 is 21.0. The van der Waals surface area contributed by atoms with E-state index < -0.39 is 69.1 Å². The van der Waals surface area contributed by atoms with E-state index in [-0.39, 0.29) is 85.0 Å². The second kappa shape index (κ2) is 37.2. The molecule has 2 atom stereocenters. The van der Waals surface area contributed by atoms with Gasteiger partial charge in [-0.3, -0.25) is 49.0 Å². The summed E-state index contributed by atoms with van der Waals surface area (Å²) in [5.74, 6) is -2.07. The van der Waals surface area contributed by atoms with Gasteiger partial charge < -0.3 is 50.8 Å². The van der Waals surface area contributed by atoms with Crippen LogP contribution in [0.4, 0.5) is 21.0 Å². The lowest BCUT2D eigenvalue weighted by atomic mass is 10.1. The highest BCUT2D eigenvalue weighted by atomic mass is 33.1. The highest BCUT2D eigenvalue weighted by molar-refractivity contribution is 8.76. The number of benzene rings is 2. The second-order valence-corrected chi connectivity index (χ2v) is 22.5. The molecule has 2 unspecified atom stereocenters. The Kier molecular flexibility index (Phi) is 32.1. The van der Waals surface area contributed by atoms with Crippen molar-refractivity contribution in [1.29, 1.82) is 0 Å². The monoisotopic (exact) mass is 1130 g/mol. The number of hydrogen-bond acceptors (Lipinski definition) is 18. The zero-order valence-corrected chi connectivity index (χ0v) is 47.2. The van der Waals surface area contributed by atoms with Crippen molar-refractivity contribution >= 4 is 80.7 Å². The van der Waals surface area contributed by atoms with Gasteiger partial charge in [-0.15, -0.1) is 0 Å². The first-order chi connectivity index (χ1) is 36.9. The Morgan fingerprint density at radius 1 is 0.462 bits per heavy atom. The number of carbonyl (C=O) groups excluding carboxylic acids is 8. The van der Waals surface area contributed by atoms with E-state index >= 15 is 0 Å². The first-order valence-corrected chi connectivity index (χ1v) is 28.6. The minimum atomic E-state index is -0.974. The van der Waals surface area contributed by atoms with Crippen LogP contribution in [0.25, 0.3) is 0 Å². The molecule has 0 bridgehead atoms. The molecule has 2 aromatic carbocycles. The number of non-ortho nitro benzene ring substituents is 2. The molecule has 0 aliphatic rings. The van der Waals surface area contributed by atoms with Crippen molar-refractivity contribution in [2.24, 2.45) is 0 Å². The largest absolute Gasteiger partial charge is 0.444 e. The van der Waals surface area contributed by atoms with Crippen LogP contribution in [0.2, 0.25) is 0 Å². The molecule has 0 aliphatic heterocycles. The standard InChI is InChI=1S/C52H78N8O16S2/c1-51(2,3)75-49(67)55-33-17-7-11-19-43(61)57-41(47(65)53-31-15-9-13-21-45(63)73-39-27-23-37(24-28-39)59(69)70)35-77-78-36-42(58-44(62)20-12-8-18-34-56-50(68)76-52(4,5)6)48(66)54-32-16-10-14-22-46(64)74-40-29-25-38(26-30-40)60(71)72/h23-30,41-42H,7-22,31-36H2,1-6H3,(H,53,65)(H,54,66)(H,55,67)(H,56,68)(H,57,61)(H,58,62). The Hall–Kier alpha value is -6.70. The average molecular weight is 1140 g/mol. The Morgan fingerprint density at radius 2 is 0.769 bits per heavy atom. The van der Waals surface area contributed by atoms with Gasteiger partial charge in [0.1, 0.15) is 34.8 Å². The molecule has 0 saturated carbocycles. The van der Waals surface area contributed by atoms with Gasteiger partial charge in [0.05, 0.1) is 9.85 Å². The molecule has 0 spiro atoms. The smallest absolute Gasteiger partial charge is 0.407 e. The van der Waals surface area contributed by atoms with Crippen LogP contribution in [0.3, 0.4) is 0 Å². The van der Waals surface area contributed by atoms with Gasteiger partial charge in [-0.2, -0.15) is 0 Å². The number of carbonyl (C=O) groups is 8. The van der Waals surface area contributed by atoms with Crippen molar-refractivity contribution in [1.82, 2.24) is 31.9 Å². The van der Waals surface area contributed by atoms with E-state index in [0.717, 1.165) is 0 Å². The quantitative estimate of drug-likeness (QED) is 0.00935. The molecule has 434 valence electrons. The van der Waals surface area contributed by atoms with Crippen LogP contribution in [0, 0.1) is 20.2 Å². The van der Waals surface area contributed by atoms with Gasteiger partial charge >= 0.3 is 24.1 Å². The molecule has 26 heteroatoms. The molecule has 6 N–H and O–H groups in total. The predicted molar refractivity (Wildman–Crippen MR) is 295 cm³/mol. The van der Waals surface area contributed by atoms with E-state index in [0.29, 0.717) is 90.1 Å². The Morgan fingerprint density at radius 3 is 1.08 bits per heavy atom. The zero-order valence-electron chi connectivity index (χ0n) is 45.6. The van der Waals surface area contributed by atoms with Gasteiger partial charge in [0.2, 0.25) is 23.6 Å². The van der Waals surface area contributed by atoms with Crippen LogP contribution < -0.4 is 41.4 Å². The van der Waals surface area contributed by atoms with Crippen molar-refractivity contribution in [3.05, 3.63) is 68.8 Å². The lowest BCUT2D eigenvalue weighted by molar-refractivity contribution is -0.385. The van der Waals surface area contributed by atoms with Gasteiger partial charge in [0, 0.05) is 87.6 Å². The van der Waals surface area contributed by atoms with Gasteiger partial charge in [-0.1, -0.05) is 47.3 Å². The zero-order chi connectivity index (χ0) is 57.9. The fraction of sp³-hybridized carbons (Fsp3) is 0.615. The summed E-state index contributed by atoms with van der Waals surface area (Å²) in [5.41, 5.74) is -1.54. The molecule has 0 saturated heterocycles. The fourth-order valence-electron chi connectivity index (χ4n) is 6.76. The van der Waals surface area contributed by atoms with Crippen molar-refractivity contribution in [3.63, 3.8) is 0 Å². The second-order valence-electron chi connectivity index (χ2n) is 19.9. The molecule has 0 aromatic heterocycles. The number of ether oxygens (including phenoxy) is 4. The average Bonchev–Trinajstić information content (AvgIpc) is 3.35. The van der Waals surface area contributed by atoms with Crippen molar-refractivity contribution in [2.75, 3.05) is 37.7 Å². The molecule has 6 amide bonds. The maximum Gasteiger partial charge on any atom is 0.407 e. The van der Waals surface area contributed by atoms with Crippen LogP contribution in [-0.4, -0.2) is 119 Å².